The second kappa shape index (κ2) is 9.34. The first-order valence-electron chi connectivity index (χ1n) is 11.2. The van der Waals surface area contributed by atoms with E-state index in [-0.39, 0.29) is 24.3 Å². The largest absolute Gasteiger partial charge is 0.497 e. The van der Waals surface area contributed by atoms with Crippen LogP contribution in [0.2, 0.25) is 0 Å². The summed E-state index contributed by atoms with van der Waals surface area (Å²) in [7, 11) is 1.64. The molecule has 2 aromatic carbocycles. The van der Waals surface area contributed by atoms with Crippen LogP contribution in [0.4, 0.5) is 4.39 Å². The number of aromatic nitrogens is 1. The quantitative estimate of drug-likeness (QED) is 0.540. The number of pyridine rings is 1. The van der Waals surface area contributed by atoms with Gasteiger partial charge in [-0.2, -0.15) is 0 Å². The van der Waals surface area contributed by atoms with Crippen LogP contribution in [0.5, 0.6) is 5.75 Å². The Kier molecular flexibility index (Phi) is 6.70. The molecule has 6 heteroatoms. The average molecular weight is 457 g/mol. The van der Waals surface area contributed by atoms with Crippen LogP contribution in [0.3, 0.4) is 0 Å². The third-order valence-electron chi connectivity index (χ3n) is 7.31. The molecule has 3 saturated heterocycles. The van der Waals surface area contributed by atoms with E-state index in [4.69, 9.17) is 9.72 Å². The number of rotatable bonds is 5. The highest BCUT2D eigenvalue weighted by Gasteiger charge is 2.42. The Morgan fingerprint density at radius 3 is 2.75 bits per heavy atom. The van der Waals surface area contributed by atoms with Crippen LogP contribution in [0.1, 0.15) is 37.9 Å². The zero-order chi connectivity index (χ0) is 21.5. The molecular formula is C26H30ClFN2O2. The van der Waals surface area contributed by atoms with E-state index in [0.717, 1.165) is 47.6 Å². The van der Waals surface area contributed by atoms with Gasteiger partial charge in [-0.05, 0) is 73.2 Å². The van der Waals surface area contributed by atoms with Crippen molar-refractivity contribution in [3.63, 3.8) is 0 Å². The van der Waals surface area contributed by atoms with Crippen molar-refractivity contribution in [1.82, 2.24) is 9.88 Å². The predicted molar refractivity (Wildman–Crippen MR) is 128 cm³/mol. The van der Waals surface area contributed by atoms with Crippen LogP contribution in [0.25, 0.3) is 22.2 Å². The lowest BCUT2D eigenvalue weighted by atomic mass is 9.72. The monoisotopic (exact) mass is 456 g/mol. The zero-order valence-electron chi connectivity index (χ0n) is 18.5. The van der Waals surface area contributed by atoms with Crippen LogP contribution in [0, 0.1) is 17.7 Å². The van der Waals surface area contributed by atoms with Crippen LogP contribution in [-0.4, -0.2) is 41.2 Å². The summed E-state index contributed by atoms with van der Waals surface area (Å²) in [5.41, 5.74) is 3.00. The van der Waals surface area contributed by atoms with E-state index in [1.807, 2.05) is 30.3 Å². The van der Waals surface area contributed by atoms with E-state index in [2.05, 4.69) is 11.8 Å². The molecule has 4 heterocycles. The lowest BCUT2D eigenvalue weighted by Gasteiger charge is -2.51. The molecule has 0 spiro atoms. The van der Waals surface area contributed by atoms with Gasteiger partial charge in [0.1, 0.15) is 11.6 Å². The van der Waals surface area contributed by atoms with Gasteiger partial charge in [0, 0.05) is 23.5 Å². The van der Waals surface area contributed by atoms with Crippen molar-refractivity contribution >= 4 is 23.3 Å². The molecule has 1 aromatic heterocycles. The summed E-state index contributed by atoms with van der Waals surface area (Å²) in [4.78, 5) is 7.24. The first-order chi connectivity index (χ1) is 15.1. The Morgan fingerprint density at radius 1 is 1.22 bits per heavy atom. The van der Waals surface area contributed by atoms with Gasteiger partial charge in [0.25, 0.3) is 0 Å². The highest BCUT2D eigenvalue weighted by atomic mass is 35.5. The molecule has 0 radical (unpaired) electrons. The summed E-state index contributed by atoms with van der Waals surface area (Å²) in [6.07, 6.45) is 2.80. The van der Waals surface area contributed by atoms with Crippen molar-refractivity contribution in [2.75, 3.05) is 20.2 Å². The maximum atomic E-state index is 13.9. The molecule has 0 saturated carbocycles. The highest BCUT2D eigenvalue weighted by Crippen LogP contribution is 2.43. The number of aliphatic hydroxyl groups excluding tert-OH is 1. The number of methoxy groups -OCH3 is 1. The number of aliphatic hydroxyl groups is 1. The highest BCUT2D eigenvalue weighted by molar-refractivity contribution is 5.87. The minimum absolute atomic E-state index is 0. The normalized spacial score (nSPS) is 25.4. The van der Waals surface area contributed by atoms with Crippen LogP contribution in [-0.2, 0) is 0 Å². The summed E-state index contributed by atoms with van der Waals surface area (Å²) in [6, 6.07) is 14.2. The Balaban J connectivity index is 0.00000245. The summed E-state index contributed by atoms with van der Waals surface area (Å²) in [6.45, 7) is 4.38. The number of fused-ring (bicyclic) bond motifs is 4. The molecule has 0 amide bonds. The van der Waals surface area contributed by atoms with Gasteiger partial charge in [-0.3, -0.25) is 4.90 Å². The third-order valence-corrected chi connectivity index (χ3v) is 7.31. The molecule has 1 unspecified atom stereocenters. The van der Waals surface area contributed by atoms with E-state index in [1.54, 1.807) is 13.2 Å². The molecular weight excluding hydrogens is 427 g/mol. The second-order valence-electron chi connectivity index (χ2n) is 8.95. The molecule has 0 aliphatic carbocycles. The van der Waals surface area contributed by atoms with Gasteiger partial charge < -0.3 is 9.84 Å². The van der Waals surface area contributed by atoms with Crippen LogP contribution >= 0.6 is 12.4 Å². The van der Waals surface area contributed by atoms with Crippen molar-refractivity contribution in [3.05, 3.63) is 59.9 Å². The van der Waals surface area contributed by atoms with Gasteiger partial charge in [0.05, 0.1) is 24.4 Å². The second-order valence-corrected chi connectivity index (χ2v) is 8.95. The van der Waals surface area contributed by atoms with Crippen molar-refractivity contribution < 1.29 is 14.2 Å². The van der Waals surface area contributed by atoms with E-state index in [0.29, 0.717) is 17.2 Å². The number of nitrogens with zero attached hydrogens (tertiary/aromatic N) is 2. The number of hydrogen-bond donors (Lipinski definition) is 1. The Morgan fingerprint density at radius 2 is 2.06 bits per heavy atom. The average Bonchev–Trinajstić information content (AvgIpc) is 2.82. The molecule has 1 N–H and O–H groups in total. The molecule has 3 aromatic rings. The smallest absolute Gasteiger partial charge is 0.123 e. The lowest BCUT2D eigenvalue weighted by Crippen LogP contribution is -2.55. The van der Waals surface area contributed by atoms with E-state index in [9.17, 15) is 9.50 Å². The van der Waals surface area contributed by atoms with Gasteiger partial charge in [0.2, 0.25) is 0 Å². The SMILES string of the molecule is CC[C@H]1CN2CC[C@H]1C[C@H]2[C@H](O)c1cc(-c2cccc(F)c2)nc2ccc(OC)cc12.Cl. The first-order valence-corrected chi connectivity index (χ1v) is 11.2. The van der Waals surface area contributed by atoms with E-state index < -0.39 is 6.10 Å². The number of hydrogen-bond acceptors (Lipinski definition) is 4. The van der Waals surface area contributed by atoms with Gasteiger partial charge in [-0.25, -0.2) is 9.37 Å². The molecule has 3 fully saturated rings. The van der Waals surface area contributed by atoms with Crippen LogP contribution < -0.4 is 4.74 Å². The lowest BCUT2D eigenvalue weighted by molar-refractivity contribution is -0.0562. The van der Waals surface area contributed by atoms with Crippen molar-refractivity contribution in [3.8, 4) is 17.0 Å². The van der Waals surface area contributed by atoms with Crippen molar-refractivity contribution in [2.45, 2.75) is 38.3 Å². The fraction of sp³-hybridized carbons (Fsp3) is 0.423. The Hall–Kier alpha value is -2.21. The number of benzene rings is 2. The van der Waals surface area contributed by atoms with Gasteiger partial charge in [-0.1, -0.05) is 25.5 Å². The molecule has 32 heavy (non-hydrogen) atoms. The number of ether oxygens (including phenoxy) is 1. The minimum atomic E-state index is -0.634. The molecule has 6 rings (SSSR count). The van der Waals surface area contributed by atoms with Crippen LogP contribution in [0.15, 0.2) is 48.5 Å². The summed E-state index contributed by atoms with van der Waals surface area (Å²) >= 11 is 0. The summed E-state index contributed by atoms with van der Waals surface area (Å²) < 4.78 is 19.3. The zero-order valence-corrected chi connectivity index (χ0v) is 19.3. The maximum Gasteiger partial charge on any atom is 0.123 e. The molecule has 4 nitrogen and oxygen atoms in total. The predicted octanol–water partition coefficient (Wildman–Crippen LogP) is 5.63. The fourth-order valence-electron chi connectivity index (χ4n) is 5.58. The van der Waals surface area contributed by atoms with Gasteiger partial charge >= 0.3 is 0 Å². The van der Waals surface area contributed by atoms with Gasteiger partial charge in [0.15, 0.2) is 0 Å². The summed E-state index contributed by atoms with van der Waals surface area (Å²) in [5.74, 6) is 1.85. The Bertz CT molecular complexity index is 1110. The maximum absolute atomic E-state index is 13.9. The van der Waals surface area contributed by atoms with E-state index >= 15 is 0 Å². The summed E-state index contributed by atoms with van der Waals surface area (Å²) in [5, 5.41) is 12.5. The standard InChI is InChI=1S/C26H29FN2O2.ClH/c1-3-16-15-29-10-9-17(16)12-25(29)26(30)22-14-24(18-5-4-6-19(27)11-18)28-23-8-7-20(31-2)13-21(22)23;/h4-8,11,13-14,16-17,25-26,30H,3,9-10,12,15H2,1-2H3;1H/t16-,17-,25-,26+;/m0./s1. The van der Waals surface area contributed by atoms with Gasteiger partial charge in [-0.15, -0.1) is 12.4 Å². The molecule has 170 valence electrons. The topological polar surface area (TPSA) is 45.6 Å². The first kappa shape index (κ1) is 23.0. The number of piperidine rings is 3. The molecule has 5 atom stereocenters. The number of halogens is 2. The molecule has 2 bridgehead atoms. The molecule has 3 aliphatic rings. The van der Waals surface area contributed by atoms with Crippen molar-refractivity contribution in [2.24, 2.45) is 11.8 Å². The molecule has 3 aliphatic heterocycles. The Labute approximate surface area is 194 Å². The fourth-order valence-corrected chi connectivity index (χ4v) is 5.58. The van der Waals surface area contributed by atoms with Crippen molar-refractivity contribution in [1.29, 1.82) is 0 Å². The minimum Gasteiger partial charge on any atom is -0.497 e. The van der Waals surface area contributed by atoms with E-state index in [1.165, 1.54) is 25.0 Å². The third kappa shape index (κ3) is 4.09.